The Bertz CT molecular complexity index is 68.2. The number of ether oxygens (including phenoxy) is 1. The standard InChI is InChI=1S/C4H7F3O/c1-3(8-2)4(5,6)7/h3H,1-2H3/t3-/m1/s1. The summed E-state index contributed by atoms with van der Waals surface area (Å²) in [6, 6.07) is 0. The van der Waals surface area contributed by atoms with Crippen LogP contribution in [0.15, 0.2) is 0 Å². The molecule has 50 valence electrons. The first-order valence-electron chi connectivity index (χ1n) is 2.08. The minimum Gasteiger partial charge on any atom is -0.372 e. The maximum absolute atomic E-state index is 11.3. The third kappa shape index (κ3) is 2.16. The molecule has 0 heterocycles. The Morgan fingerprint density at radius 3 is 1.75 bits per heavy atom. The Balaban J connectivity index is 3.62. The third-order valence-electron chi connectivity index (χ3n) is 0.815. The van der Waals surface area contributed by atoms with E-state index in [9.17, 15) is 13.2 Å². The van der Waals surface area contributed by atoms with Crippen LogP contribution in [0.4, 0.5) is 13.2 Å². The Labute approximate surface area is 45.4 Å². The summed E-state index contributed by atoms with van der Waals surface area (Å²) in [6.45, 7) is 0.958. The first kappa shape index (κ1) is 7.75. The van der Waals surface area contributed by atoms with Gasteiger partial charge in [0.1, 0.15) is 6.10 Å². The van der Waals surface area contributed by atoms with E-state index in [-0.39, 0.29) is 0 Å². The Hall–Kier alpha value is -0.250. The SMILES string of the molecule is CO[C@H](C)C(F)(F)F. The normalized spacial score (nSPS) is 16.1. The van der Waals surface area contributed by atoms with Gasteiger partial charge in [0.05, 0.1) is 0 Å². The Morgan fingerprint density at radius 1 is 1.38 bits per heavy atom. The molecule has 0 aromatic rings. The van der Waals surface area contributed by atoms with Gasteiger partial charge in [-0.2, -0.15) is 13.2 Å². The lowest BCUT2D eigenvalue weighted by molar-refractivity contribution is -0.206. The zero-order valence-electron chi connectivity index (χ0n) is 4.62. The highest BCUT2D eigenvalue weighted by atomic mass is 19.4. The van der Waals surface area contributed by atoms with E-state index >= 15 is 0 Å². The van der Waals surface area contributed by atoms with Gasteiger partial charge < -0.3 is 4.74 Å². The molecule has 0 aromatic carbocycles. The van der Waals surface area contributed by atoms with Crippen molar-refractivity contribution < 1.29 is 17.9 Å². The molecule has 0 bridgehead atoms. The first-order valence-corrected chi connectivity index (χ1v) is 2.08. The van der Waals surface area contributed by atoms with Crippen LogP contribution in [-0.4, -0.2) is 19.4 Å². The predicted octanol–water partition coefficient (Wildman–Crippen LogP) is 1.58. The van der Waals surface area contributed by atoms with Crippen LogP contribution < -0.4 is 0 Å². The minimum absolute atomic E-state index is 0.958. The molecule has 0 fully saturated rings. The molecule has 1 nitrogen and oxygen atoms in total. The van der Waals surface area contributed by atoms with Gasteiger partial charge in [0.15, 0.2) is 0 Å². The highest BCUT2D eigenvalue weighted by Crippen LogP contribution is 2.21. The highest BCUT2D eigenvalue weighted by molar-refractivity contribution is 4.58. The van der Waals surface area contributed by atoms with Crippen LogP contribution in [0.2, 0.25) is 0 Å². The second-order valence-electron chi connectivity index (χ2n) is 1.42. The molecule has 0 rings (SSSR count). The maximum atomic E-state index is 11.3. The van der Waals surface area contributed by atoms with Crippen molar-refractivity contribution in [3.63, 3.8) is 0 Å². The summed E-state index contributed by atoms with van der Waals surface area (Å²) in [5.74, 6) is 0. The topological polar surface area (TPSA) is 9.23 Å². The summed E-state index contributed by atoms with van der Waals surface area (Å²) in [7, 11) is 1.03. The first-order chi connectivity index (χ1) is 3.48. The van der Waals surface area contributed by atoms with Crippen molar-refractivity contribution in [2.75, 3.05) is 7.11 Å². The molecule has 0 aliphatic rings. The monoisotopic (exact) mass is 128 g/mol. The van der Waals surface area contributed by atoms with Crippen molar-refractivity contribution in [2.45, 2.75) is 19.2 Å². The molecule has 8 heavy (non-hydrogen) atoms. The molecule has 0 unspecified atom stereocenters. The number of hydrogen-bond acceptors (Lipinski definition) is 1. The van der Waals surface area contributed by atoms with Crippen molar-refractivity contribution in [3.05, 3.63) is 0 Å². The summed E-state index contributed by atoms with van der Waals surface area (Å²) < 4.78 is 38.0. The van der Waals surface area contributed by atoms with Crippen molar-refractivity contribution in [3.8, 4) is 0 Å². The molecule has 0 spiro atoms. The fourth-order valence-electron chi connectivity index (χ4n) is 0.134. The molecule has 0 aliphatic carbocycles. The van der Waals surface area contributed by atoms with Crippen molar-refractivity contribution in [2.24, 2.45) is 0 Å². The molecule has 0 amide bonds. The van der Waals surface area contributed by atoms with Crippen molar-refractivity contribution >= 4 is 0 Å². The zero-order chi connectivity index (χ0) is 6.78. The molecule has 4 heteroatoms. The van der Waals surface area contributed by atoms with E-state index in [4.69, 9.17) is 0 Å². The number of hydrogen-bond donors (Lipinski definition) is 0. The van der Waals surface area contributed by atoms with Gasteiger partial charge in [-0.25, -0.2) is 0 Å². The number of alkyl halides is 3. The van der Waals surface area contributed by atoms with E-state index in [0.717, 1.165) is 14.0 Å². The molecule has 0 N–H and O–H groups in total. The van der Waals surface area contributed by atoms with Gasteiger partial charge in [-0.15, -0.1) is 0 Å². The van der Waals surface area contributed by atoms with E-state index in [0.29, 0.717) is 0 Å². The van der Waals surface area contributed by atoms with Crippen LogP contribution in [0.25, 0.3) is 0 Å². The molecule has 1 atom stereocenters. The van der Waals surface area contributed by atoms with Crippen LogP contribution in [0, 0.1) is 0 Å². The average Bonchev–Trinajstić information content (AvgIpc) is 1.62. The second kappa shape index (κ2) is 2.35. The van der Waals surface area contributed by atoms with Crippen molar-refractivity contribution in [1.29, 1.82) is 0 Å². The van der Waals surface area contributed by atoms with Gasteiger partial charge in [0, 0.05) is 7.11 Å². The fourth-order valence-corrected chi connectivity index (χ4v) is 0.134. The highest BCUT2D eigenvalue weighted by Gasteiger charge is 2.35. The average molecular weight is 128 g/mol. The van der Waals surface area contributed by atoms with Gasteiger partial charge in [-0.3, -0.25) is 0 Å². The molecular weight excluding hydrogens is 121 g/mol. The van der Waals surface area contributed by atoms with Gasteiger partial charge in [-0.1, -0.05) is 0 Å². The van der Waals surface area contributed by atoms with Gasteiger partial charge >= 0.3 is 6.18 Å². The quantitative estimate of drug-likeness (QED) is 0.521. The third-order valence-corrected chi connectivity index (χ3v) is 0.815. The molecule has 0 aliphatic heterocycles. The number of halogens is 3. The van der Waals surface area contributed by atoms with E-state index in [2.05, 4.69) is 4.74 Å². The van der Waals surface area contributed by atoms with Gasteiger partial charge in [0.25, 0.3) is 0 Å². The van der Waals surface area contributed by atoms with Crippen molar-refractivity contribution in [1.82, 2.24) is 0 Å². The van der Waals surface area contributed by atoms with E-state index in [1.807, 2.05) is 0 Å². The summed E-state index contributed by atoms with van der Waals surface area (Å²) >= 11 is 0. The molecule has 0 radical (unpaired) electrons. The largest absolute Gasteiger partial charge is 0.414 e. The van der Waals surface area contributed by atoms with Crippen LogP contribution in [0.3, 0.4) is 0 Å². The van der Waals surface area contributed by atoms with E-state index < -0.39 is 12.3 Å². The maximum Gasteiger partial charge on any atom is 0.414 e. The summed E-state index contributed by atoms with van der Waals surface area (Å²) in [5.41, 5.74) is 0. The lowest BCUT2D eigenvalue weighted by Crippen LogP contribution is -2.26. The van der Waals surface area contributed by atoms with Crippen LogP contribution in [0.1, 0.15) is 6.92 Å². The Kier molecular flexibility index (Phi) is 2.27. The smallest absolute Gasteiger partial charge is 0.372 e. The summed E-state index contributed by atoms with van der Waals surface area (Å²) in [5, 5.41) is 0. The summed E-state index contributed by atoms with van der Waals surface area (Å²) in [6.07, 6.45) is -5.86. The lowest BCUT2D eigenvalue weighted by Gasteiger charge is -2.12. The predicted molar refractivity (Wildman–Crippen MR) is 22.5 cm³/mol. The van der Waals surface area contributed by atoms with Gasteiger partial charge in [0.2, 0.25) is 0 Å². The fraction of sp³-hybridized carbons (Fsp3) is 1.00. The minimum atomic E-state index is -4.21. The van der Waals surface area contributed by atoms with Crippen LogP contribution in [-0.2, 0) is 4.74 Å². The molecule has 0 saturated carbocycles. The Morgan fingerprint density at radius 2 is 1.75 bits per heavy atom. The molecule has 0 saturated heterocycles. The number of methoxy groups -OCH3 is 1. The summed E-state index contributed by atoms with van der Waals surface area (Å²) in [4.78, 5) is 0. The second-order valence-corrected chi connectivity index (χ2v) is 1.42. The van der Waals surface area contributed by atoms with E-state index in [1.54, 1.807) is 0 Å². The van der Waals surface area contributed by atoms with Gasteiger partial charge in [-0.05, 0) is 6.92 Å². The lowest BCUT2D eigenvalue weighted by atomic mass is 10.4. The zero-order valence-corrected chi connectivity index (χ0v) is 4.62. The molecule has 0 aromatic heterocycles. The van der Waals surface area contributed by atoms with Crippen LogP contribution >= 0.6 is 0 Å². The molecular formula is C4H7F3O. The van der Waals surface area contributed by atoms with E-state index in [1.165, 1.54) is 0 Å². The number of rotatable bonds is 1. The van der Waals surface area contributed by atoms with Crippen LogP contribution in [0.5, 0.6) is 0 Å².